The summed E-state index contributed by atoms with van der Waals surface area (Å²) in [6.45, 7) is 7.29. The maximum atomic E-state index is 10.8. The lowest BCUT2D eigenvalue weighted by Crippen LogP contribution is -2.30. The van der Waals surface area contributed by atoms with Crippen molar-refractivity contribution in [1.29, 1.82) is 0 Å². The molecule has 1 unspecified atom stereocenters. The van der Waals surface area contributed by atoms with Gasteiger partial charge in [-0.25, -0.2) is 0 Å². The van der Waals surface area contributed by atoms with E-state index in [1.54, 1.807) is 11.8 Å². The Labute approximate surface area is 161 Å². The fraction of sp³-hybridized carbons (Fsp3) is 0.455. The average Bonchev–Trinajstić information content (AvgIpc) is 2.67. The van der Waals surface area contributed by atoms with Crippen molar-refractivity contribution in [3.05, 3.63) is 48.0 Å². The fourth-order valence-electron chi connectivity index (χ4n) is 3.27. The van der Waals surface area contributed by atoms with Crippen LogP contribution in [0.3, 0.4) is 0 Å². The molecule has 0 bridgehead atoms. The second-order valence-electron chi connectivity index (χ2n) is 7.00. The van der Waals surface area contributed by atoms with Gasteiger partial charge >= 0.3 is 0 Å². The van der Waals surface area contributed by atoms with Crippen molar-refractivity contribution >= 4 is 23.1 Å². The Morgan fingerprint density at radius 3 is 2.38 bits per heavy atom. The van der Waals surface area contributed by atoms with Crippen molar-refractivity contribution in [3.8, 4) is 0 Å². The number of para-hydroxylation sites is 1. The van der Waals surface area contributed by atoms with Crippen molar-refractivity contribution < 1.29 is 5.11 Å². The molecule has 0 saturated heterocycles. The predicted molar refractivity (Wildman–Crippen MR) is 112 cm³/mol. The second kappa shape index (κ2) is 9.45. The SMILES string of the molecule is CCCCN(CCCC)CC(O)c1ccc2c(c1)Nc1ccccc1S2. The number of anilines is 2. The third kappa shape index (κ3) is 4.81. The molecule has 2 aromatic rings. The first kappa shape index (κ1) is 19.3. The molecule has 1 aliphatic rings. The van der Waals surface area contributed by atoms with E-state index in [0.29, 0.717) is 6.54 Å². The molecule has 1 atom stereocenters. The number of unbranched alkanes of at least 4 members (excludes halogenated alkanes) is 2. The minimum atomic E-state index is -0.446. The third-order valence-electron chi connectivity index (χ3n) is 4.85. The molecule has 0 amide bonds. The highest BCUT2D eigenvalue weighted by Crippen LogP contribution is 2.44. The van der Waals surface area contributed by atoms with Gasteiger partial charge in [0.25, 0.3) is 0 Å². The van der Waals surface area contributed by atoms with E-state index in [-0.39, 0.29) is 0 Å². The first-order chi connectivity index (χ1) is 12.7. The molecule has 4 heteroatoms. The van der Waals surface area contributed by atoms with E-state index in [4.69, 9.17) is 0 Å². The molecule has 0 saturated carbocycles. The molecule has 140 valence electrons. The first-order valence-corrected chi connectivity index (χ1v) is 10.6. The summed E-state index contributed by atoms with van der Waals surface area (Å²) in [5.41, 5.74) is 3.23. The van der Waals surface area contributed by atoms with E-state index >= 15 is 0 Å². The minimum absolute atomic E-state index is 0.446. The van der Waals surface area contributed by atoms with Gasteiger partial charge in [-0.15, -0.1) is 0 Å². The quantitative estimate of drug-likeness (QED) is 0.497. The van der Waals surface area contributed by atoms with Crippen LogP contribution in [-0.2, 0) is 0 Å². The Morgan fingerprint density at radius 2 is 1.65 bits per heavy atom. The van der Waals surface area contributed by atoms with Gasteiger partial charge in [0.2, 0.25) is 0 Å². The molecule has 1 heterocycles. The van der Waals surface area contributed by atoms with Crippen molar-refractivity contribution in [1.82, 2.24) is 4.90 Å². The molecule has 0 aromatic heterocycles. The number of nitrogens with one attached hydrogen (secondary N) is 1. The smallest absolute Gasteiger partial charge is 0.0917 e. The van der Waals surface area contributed by atoms with Gasteiger partial charge in [0.15, 0.2) is 0 Å². The van der Waals surface area contributed by atoms with Gasteiger partial charge in [-0.1, -0.05) is 56.7 Å². The van der Waals surface area contributed by atoms with E-state index in [0.717, 1.165) is 30.0 Å². The summed E-state index contributed by atoms with van der Waals surface area (Å²) in [4.78, 5) is 4.88. The monoisotopic (exact) mass is 370 g/mol. The highest BCUT2D eigenvalue weighted by Gasteiger charge is 2.18. The van der Waals surface area contributed by atoms with Crippen LogP contribution in [0.5, 0.6) is 0 Å². The van der Waals surface area contributed by atoms with E-state index < -0.39 is 6.10 Å². The lowest BCUT2D eigenvalue weighted by atomic mass is 10.1. The molecule has 3 nitrogen and oxygen atoms in total. The number of aliphatic hydroxyl groups is 1. The summed E-state index contributed by atoms with van der Waals surface area (Å²) in [6.07, 6.45) is 4.32. The Hall–Kier alpha value is -1.49. The first-order valence-electron chi connectivity index (χ1n) is 9.79. The molecular weight excluding hydrogens is 340 g/mol. The number of aliphatic hydroxyl groups excluding tert-OH is 1. The van der Waals surface area contributed by atoms with Crippen LogP contribution >= 0.6 is 11.8 Å². The topological polar surface area (TPSA) is 35.5 Å². The van der Waals surface area contributed by atoms with E-state index in [1.807, 2.05) is 0 Å². The van der Waals surface area contributed by atoms with Crippen molar-refractivity contribution in [3.63, 3.8) is 0 Å². The van der Waals surface area contributed by atoms with Crippen molar-refractivity contribution in [2.75, 3.05) is 25.0 Å². The van der Waals surface area contributed by atoms with Crippen LogP contribution in [-0.4, -0.2) is 29.6 Å². The molecule has 0 spiro atoms. The number of fused-ring (bicyclic) bond motifs is 2. The van der Waals surface area contributed by atoms with Gasteiger partial charge in [-0.3, -0.25) is 0 Å². The third-order valence-corrected chi connectivity index (χ3v) is 6.00. The molecule has 1 aliphatic heterocycles. The maximum absolute atomic E-state index is 10.8. The number of benzene rings is 2. The molecule has 2 N–H and O–H groups in total. The summed E-state index contributed by atoms with van der Waals surface area (Å²) in [5.74, 6) is 0. The number of hydrogen-bond donors (Lipinski definition) is 2. The molecule has 0 radical (unpaired) electrons. The fourth-order valence-corrected chi connectivity index (χ4v) is 4.24. The molecular formula is C22H30N2OS. The zero-order valence-corrected chi connectivity index (χ0v) is 16.7. The van der Waals surface area contributed by atoms with E-state index in [1.165, 1.54) is 35.5 Å². The Kier molecular flexibility index (Phi) is 7.00. The molecule has 26 heavy (non-hydrogen) atoms. The predicted octanol–water partition coefficient (Wildman–Crippen LogP) is 5.83. The van der Waals surface area contributed by atoms with Gasteiger partial charge < -0.3 is 15.3 Å². The van der Waals surface area contributed by atoms with Gasteiger partial charge in [-0.2, -0.15) is 0 Å². The average molecular weight is 371 g/mol. The Morgan fingerprint density at radius 1 is 0.962 bits per heavy atom. The summed E-state index contributed by atoms with van der Waals surface area (Å²) < 4.78 is 0. The minimum Gasteiger partial charge on any atom is -0.387 e. The summed E-state index contributed by atoms with van der Waals surface area (Å²) in [7, 11) is 0. The van der Waals surface area contributed by atoms with Crippen molar-refractivity contribution in [2.45, 2.75) is 55.4 Å². The Balaban J connectivity index is 1.69. The Bertz CT molecular complexity index is 711. The second-order valence-corrected chi connectivity index (χ2v) is 8.09. The van der Waals surface area contributed by atoms with E-state index in [2.05, 4.69) is 66.5 Å². The number of nitrogens with zero attached hydrogens (tertiary/aromatic N) is 1. The van der Waals surface area contributed by atoms with Gasteiger partial charge in [0.05, 0.1) is 17.5 Å². The largest absolute Gasteiger partial charge is 0.387 e. The van der Waals surface area contributed by atoms with Crippen LogP contribution in [0.25, 0.3) is 0 Å². The van der Waals surface area contributed by atoms with Crippen LogP contribution in [0.15, 0.2) is 52.3 Å². The molecule has 2 aromatic carbocycles. The normalized spacial score (nSPS) is 13.8. The van der Waals surface area contributed by atoms with Crippen LogP contribution in [0, 0.1) is 0 Å². The number of hydrogen-bond acceptors (Lipinski definition) is 4. The molecule has 0 fully saturated rings. The summed E-state index contributed by atoms with van der Waals surface area (Å²) >= 11 is 1.78. The van der Waals surface area contributed by atoms with E-state index in [9.17, 15) is 5.11 Å². The maximum Gasteiger partial charge on any atom is 0.0917 e. The van der Waals surface area contributed by atoms with Crippen LogP contribution in [0.4, 0.5) is 11.4 Å². The highest BCUT2D eigenvalue weighted by atomic mass is 32.2. The van der Waals surface area contributed by atoms with Gasteiger partial charge in [-0.05, 0) is 55.8 Å². The van der Waals surface area contributed by atoms with Crippen LogP contribution < -0.4 is 5.32 Å². The van der Waals surface area contributed by atoms with Crippen LogP contribution in [0.2, 0.25) is 0 Å². The summed E-state index contributed by atoms with van der Waals surface area (Å²) in [6, 6.07) is 14.7. The summed E-state index contributed by atoms with van der Waals surface area (Å²) in [5, 5.41) is 14.3. The number of rotatable bonds is 9. The standard InChI is InChI=1S/C22H30N2OS/c1-3-5-13-24(14-6-4-2)16-20(25)17-11-12-22-19(15-17)23-18-9-7-8-10-21(18)26-22/h7-12,15,20,23,25H,3-6,13-14,16H2,1-2H3. The zero-order valence-electron chi connectivity index (χ0n) is 15.9. The lowest BCUT2D eigenvalue weighted by molar-refractivity contribution is 0.111. The molecule has 0 aliphatic carbocycles. The van der Waals surface area contributed by atoms with Gasteiger partial charge in [0, 0.05) is 16.3 Å². The highest BCUT2D eigenvalue weighted by molar-refractivity contribution is 7.99. The zero-order chi connectivity index (χ0) is 18.4. The molecule has 3 rings (SSSR count). The lowest BCUT2D eigenvalue weighted by Gasteiger charge is -2.26. The van der Waals surface area contributed by atoms with Crippen molar-refractivity contribution in [2.24, 2.45) is 0 Å². The van der Waals surface area contributed by atoms with Crippen LogP contribution in [0.1, 0.15) is 51.2 Å². The van der Waals surface area contributed by atoms with Gasteiger partial charge in [0.1, 0.15) is 0 Å².